The number of ether oxygens (including phenoxy) is 1. The summed E-state index contributed by atoms with van der Waals surface area (Å²) in [6.45, 7) is 9.18. The molecular weight excluding hydrogens is 252 g/mol. The van der Waals surface area contributed by atoms with E-state index in [1.54, 1.807) is 7.11 Å². The van der Waals surface area contributed by atoms with Crippen molar-refractivity contribution < 1.29 is 4.74 Å². The van der Waals surface area contributed by atoms with Crippen molar-refractivity contribution in [2.24, 2.45) is 0 Å². The molecule has 0 aliphatic carbocycles. The van der Waals surface area contributed by atoms with Crippen LogP contribution in [0, 0.1) is 13.8 Å². The van der Waals surface area contributed by atoms with Crippen LogP contribution < -0.4 is 10.2 Å². The van der Waals surface area contributed by atoms with Crippen molar-refractivity contribution >= 4 is 11.6 Å². The van der Waals surface area contributed by atoms with Crippen LogP contribution in [0.15, 0.2) is 0 Å². The van der Waals surface area contributed by atoms with Gasteiger partial charge in [0.05, 0.1) is 6.10 Å². The highest BCUT2D eigenvalue weighted by molar-refractivity contribution is 5.58. The number of anilines is 2. The predicted octanol–water partition coefficient (Wildman–Crippen LogP) is 2.53. The van der Waals surface area contributed by atoms with Crippen LogP contribution in [0.25, 0.3) is 0 Å². The van der Waals surface area contributed by atoms with Crippen molar-refractivity contribution in [2.75, 3.05) is 37.0 Å². The third kappa shape index (κ3) is 3.39. The average molecular weight is 278 g/mol. The molecule has 0 amide bonds. The fraction of sp³-hybridized carbons (Fsp3) is 0.733. The van der Waals surface area contributed by atoms with Gasteiger partial charge in [0.25, 0.3) is 0 Å². The van der Waals surface area contributed by atoms with Crippen molar-refractivity contribution in [3.8, 4) is 0 Å². The molecule has 0 aromatic carbocycles. The van der Waals surface area contributed by atoms with Gasteiger partial charge < -0.3 is 15.0 Å². The van der Waals surface area contributed by atoms with Crippen LogP contribution in [-0.2, 0) is 4.74 Å². The summed E-state index contributed by atoms with van der Waals surface area (Å²) >= 11 is 0. The molecule has 2 rings (SSSR count). The number of piperidine rings is 1. The van der Waals surface area contributed by atoms with Crippen LogP contribution in [0.4, 0.5) is 11.6 Å². The van der Waals surface area contributed by atoms with E-state index < -0.39 is 0 Å². The molecule has 112 valence electrons. The Morgan fingerprint density at radius 2 is 1.95 bits per heavy atom. The second-order valence-corrected chi connectivity index (χ2v) is 5.42. The standard InChI is InChI=1S/C15H26N4O/c1-5-8-16-14-11(2)15(18-12(3)17-14)19-9-6-13(20-4)7-10-19/h13H,5-10H2,1-4H3,(H,16,17,18). The van der Waals surface area contributed by atoms with Gasteiger partial charge in [-0.3, -0.25) is 0 Å². The lowest BCUT2D eigenvalue weighted by Gasteiger charge is -2.33. The van der Waals surface area contributed by atoms with E-state index in [4.69, 9.17) is 4.74 Å². The first-order chi connectivity index (χ1) is 9.65. The van der Waals surface area contributed by atoms with Gasteiger partial charge in [0.1, 0.15) is 17.5 Å². The van der Waals surface area contributed by atoms with Crippen molar-refractivity contribution in [3.63, 3.8) is 0 Å². The number of hydrogen-bond acceptors (Lipinski definition) is 5. The Morgan fingerprint density at radius 1 is 1.25 bits per heavy atom. The first kappa shape index (κ1) is 15.0. The minimum absolute atomic E-state index is 0.396. The van der Waals surface area contributed by atoms with Crippen molar-refractivity contribution in [2.45, 2.75) is 46.1 Å². The summed E-state index contributed by atoms with van der Waals surface area (Å²) in [6.07, 6.45) is 3.62. The normalized spacial score (nSPS) is 16.5. The molecule has 2 heterocycles. The van der Waals surface area contributed by atoms with E-state index in [0.717, 1.165) is 61.9 Å². The molecule has 1 aromatic rings. The second-order valence-electron chi connectivity index (χ2n) is 5.42. The number of nitrogens with zero attached hydrogens (tertiary/aromatic N) is 3. The van der Waals surface area contributed by atoms with Gasteiger partial charge in [0.2, 0.25) is 0 Å². The third-order valence-electron chi connectivity index (χ3n) is 3.85. The molecule has 1 fully saturated rings. The summed E-state index contributed by atoms with van der Waals surface area (Å²) in [6, 6.07) is 0. The molecular formula is C15H26N4O. The Labute approximate surface area is 121 Å². The zero-order chi connectivity index (χ0) is 14.5. The highest BCUT2D eigenvalue weighted by Crippen LogP contribution is 2.26. The Kier molecular flexibility index (Phi) is 5.17. The minimum Gasteiger partial charge on any atom is -0.381 e. The first-order valence-electron chi connectivity index (χ1n) is 7.52. The maximum absolute atomic E-state index is 5.43. The number of hydrogen-bond donors (Lipinski definition) is 1. The molecule has 0 radical (unpaired) electrons. The van der Waals surface area contributed by atoms with Gasteiger partial charge >= 0.3 is 0 Å². The number of methoxy groups -OCH3 is 1. The molecule has 1 aromatic heterocycles. The van der Waals surface area contributed by atoms with Crippen molar-refractivity contribution in [1.29, 1.82) is 0 Å². The third-order valence-corrected chi connectivity index (χ3v) is 3.85. The summed E-state index contributed by atoms with van der Waals surface area (Å²) in [4.78, 5) is 11.5. The van der Waals surface area contributed by atoms with Crippen LogP contribution in [0.5, 0.6) is 0 Å². The molecule has 0 atom stereocenters. The summed E-state index contributed by atoms with van der Waals surface area (Å²) in [5, 5.41) is 3.40. The number of aromatic nitrogens is 2. The molecule has 20 heavy (non-hydrogen) atoms. The Bertz CT molecular complexity index is 442. The first-order valence-corrected chi connectivity index (χ1v) is 7.52. The number of rotatable bonds is 5. The molecule has 1 aliphatic rings. The smallest absolute Gasteiger partial charge is 0.137 e. The largest absolute Gasteiger partial charge is 0.381 e. The fourth-order valence-electron chi connectivity index (χ4n) is 2.64. The van der Waals surface area contributed by atoms with Crippen LogP contribution >= 0.6 is 0 Å². The zero-order valence-corrected chi connectivity index (χ0v) is 13.1. The lowest BCUT2D eigenvalue weighted by molar-refractivity contribution is 0.0818. The quantitative estimate of drug-likeness (QED) is 0.897. The Morgan fingerprint density at radius 3 is 2.55 bits per heavy atom. The summed E-state index contributed by atoms with van der Waals surface area (Å²) in [7, 11) is 1.80. The summed E-state index contributed by atoms with van der Waals surface area (Å²) in [5.41, 5.74) is 1.15. The predicted molar refractivity (Wildman–Crippen MR) is 82.5 cm³/mol. The van der Waals surface area contributed by atoms with E-state index >= 15 is 0 Å². The maximum Gasteiger partial charge on any atom is 0.137 e. The van der Waals surface area contributed by atoms with Crippen LogP contribution in [0.3, 0.4) is 0 Å². The van der Waals surface area contributed by atoms with Crippen LogP contribution in [0.1, 0.15) is 37.6 Å². The van der Waals surface area contributed by atoms with E-state index in [2.05, 4.69) is 34.0 Å². The van der Waals surface area contributed by atoms with E-state index in [0.29, 0.717) is 6.10 Å². The molecule has 5 nitrogen and oxygen atoms in total. The highest BCUT2D eigenvalue weighted by atomic mass is 16.5. The van der Waals surface area contributed by atoms with Crippen LogP contribution in [0.2, 0.25) is 0 Å². The molecule has 0 saturated carbocycles. The van der Waals surface area contributed by atoms with Gasteiger partial charge in [-0.25, -0.2) is 9.97 Å². The molecule has 1 N–H and O–H groups in total. The molecule has 0 spiro atoms. The molecule has 0 unspecified atom stereocenters. The van der Waals surface area contributed by atoms with Crippen LogP contribution in [-0.4, -0.2) is 42.8 Å². The van der Waals surface area contributed by atoms with E-state index in [1.807, 2.05) is 6.92 Å². The highest BCUT2D eigenvalue weighted by Gasteiger charge is 2.22. The van der Waals surface area contributed by atoms with E-state index in [-0.39, 0.29) is 0 Å². The zero-order valence-electron chi connectivity index (χ0n) is 13.1. The lowest BCUT2D eigenvalue weighted by atomic mass is 10.1. The summed E-state index contributed by atoms with van der Waals surface area (Å²) in [5.74, 6) is 2.88. The van der Waals surface area contributed by atoms with Gasteiger partial charge in [-0.2, -0.15) is 0 Å². The fourth-order valence-corrected chi connectivity index (χ4v) is 2.64. The van der Waals surface area contributed by atoms with Crippen molar-refractivity contribution in [3.05, 3.63) is 11.4 Å². The monoisotopic (exact) mass is 278 g/mol. The SMILES string of the molecule is CCCNc1nc(C)nc(N2CCC(OC)CC2)c1C. The average Bonchev–Trinajstić information content (AvgIpc) is 2.48. The lowest BCUT2D eigenvalue weighted by Crippen LogP contribution is -2.37. The minimum atomic E-state index is 0.396. The number of nitrogens with one attached hydrogen (secondary N) is 1. The Balaban J connectivity index is 2.16. The Hall–Kier alpha value is -1.36. The molecule has 5 heteroatoms. The molecule has 1 aliphatic heterocycles. The summed E-state index contributed by atoms with van der Waals surface area (Å²) < 4.78 is 5.43. The van der Waals surface area contributed by atoms with Gasteiger partial charge in [0.15, 0.2) is 0 Å². The second kappa shape index (κ2) is 6.88. The van der Waals surface area contributed by atoms with Crippen molar-refractivity contribution in [1.82, 2.24) is 9.97 Å². The molecule has 0 bridgehead atoms. The number of aryl methyl sites for hydroxylation is 1. The van der Waals surface area contributed by atoms with E-state index in [1.165, 1.54) is 0 Å². The maximum atomic E-state index is 5.43. The van der Waals surface area contributed by atoms with Gasteiger partial charge in [-0.05, 0) is 33.1 Å². The van der Waals surface area contributed by atoms with E-state index in [9.17, 15) is 0 Å². The van der Waals surface area contributed by atoms with Gasteiger partial charge in [0, 0.05) is 32.3 Å². The topological polar surface area (TPSA) is 50.3 Å². The molecule has 1 saturated heterocycles. The van der Waals surface area contributed by atoms with Gasteiger partial charge in [-0.1, -0.05) is 6.92 Å². The van der Waals surface area contributed by atoms with Gasteiger partial charge in [-0.15, -0.1) is 0 Å².